The molecule has 1 heterocycles. The first-order chi connectivity index (χ1) is 34.2. The molecule has 10 aromatic rings. The summed E-state index contributed by atoms with van der Waals surface area (Å²) in [4.78, 5) is 0. The predicted octanol–water partition coefficient (Wildman–Crippen LogP) is 17.1. The van der Waals surface area contributed by atoms with Crippen LogP contribution in [0, 0.1) is 0 Å². The summed E-state index contributed by atoms with van der Waals surface area (Å²) in [7, 11) is 0. The van der Waals surface area contributed by atoms with Gasteiger partial charge in [0, 0.05) is 27.2 Å². The summed E-state index contributed by atoms with van der Waals surface area (Å²) in [6.45, 7) is 14.8. The minimum Gasteiger partial charge on any atom is -0.309 e. The summed E-state index contributed by atoms with van der Waals surface area (Å²) < 4.78 is 2.65. The molecule has 0 aliphatic heterocycles. The smallest absolute Gasteiger partial charge is 0.0711 e. The summed E-state index contributed by atoms with van der Waals surface area (Å²) >= 11 is 0. The van der Waals surface area contributed by atoms with Crippen LogP contribution in [0.1, 0.15) is 89.8 Å². The minimum atomic E-state index is -0.714. The van der Waals surface area contributed by atoms with Gasteiger partial charge in [-0.1, -0.05) is 216 Å². The fourth-order valence-electron chi connectivity index (χ4n) is 14.7. The Labute approximate surface area is 410 Å². The third-order valence-electron chi connectivity index (χ3n) is 17.8. The minimum absolute atomic E-state index is 0.162. The van der Waals surface area contributed by atoms with Gasteiger partial charge < -0.3 is 4.57 Å². The van der Waals surface area contributed by atoms with Crippen LogP contribution in [0.3, 0.4) is 0 Å². The Morgan fingerprint density at radius 2 is 0.829 bits per heavy atom. The van der Waals surface area contributed by atoms with Crippen molar-refractivity contribution < 1.29 is 0 Å². The SMILES string of the molecule is C=C1/C=C\C=C/CC2(c3ccccc3-c3ccccc32)c2ccccc2C12c1ccccc1-c1c(-n3c4cc5c(cc4c4cc6c(cc43)C(C)(C)c3ccccc3-6)-c3ccccc3C5(C)C)cccc12. The van der Waals surface area contributed by atoms with Gasteiger partial charge >= 0.3 is 0 Å². The van der Waals surface area contributed by atoms with Gasteiger partial charge in [-0.25, -0.2) is 0 Å². The number of benzene rings is 9. The average Bonchev–Trinajstić information content (AvgIpc) is 4.10. The zero-order chi connectivity index (χ0) is 46.9. The van der Waals surface area contributed by atoms with Crippen LogP contribution in [0.25, 0.3) is 72.0 Å². The molecular formula is C69H51N. The van der Waals surface area contributed by atoms with E-state index in [1.807, 2.05) is 0 Å². The molecule has 332 valence electrons. The largest absolute Gasteiger partial charge is 0.309 e. The predicted molar refractivity (Wildman–Crippen MR) is 291 cm³/mol. The molecule has 0 bridgehead atoms. The van der Waals surface area contributed by atoms with Crippen LogP contribution >= 0.6 is 0 Å². The highest BCUT2D eigenvalue weighted by Crippen LogP contribution is 2.63. The number of fused-ring (bicyclic) bond motifs is 22. The Kier molecular flexibility index (Phi) is 7.77. The van der Waals surface area contributed by atoms with Gasteiger partial charge in [-0.15, -0.1) is 0 Å². The number of hydrogen-bond acceptors (Lipinski definition) is 0. The van der Waals surface area contributed by atoms with Crippen molar-refractivity contribution in [3.05, 3.63) is 280 Å². The normalized spacial score (nSPS) is 19.5. The van der Waals surface area contributed by atoms with Crippen molar-refractivity contribution in [2.75, 3.05) is 0 Å². The van der Waals surface area contributed by atoms with Crippen LogP contribution in [-0.4, -0.2) is 4.57 Å². The van der Waals surface area contributed by atoms with Crippen LogP contribution in [0.15, 0.2) is 225 Å². The monoisotopic (exact) mass is 893 g/mol. The number of allylic oxidation sites excluding steroid dienone is 5. The van der Waals surface area contributed by atoms with Gasteiger partial charge in [0.05, 0.1) is 27.6 Å². The molecule has 0 N–H and O–H groups in total. The van der Waals surface area contributed by atoms with Crippen LogP contribution in [-0.2, 0) is 21.7 Å². The molecule has 5 aliphatic carbocycles. The van der Waals surface area contributed by atoms with Crippen LogP contribution in [0.4, 0.5) is 0 Å². The fourth-order valence-corrected chi connectivity index (χ4v) is 14.7. The Morgan fingerprint density at radius 3 is 1.39 bits per heavy atom. The molecule has 5 aliphatic rings. The van der Waals surface area contributed by atoms with Crippen molar-refractivity contribution in [2.24, 2.45) is 0 Å². The van der Waals surface area contributed by atoms with Gasteiger partial charge in [0.25, 0.3) is 0 Å². The second-order valence-electron chi connectivity index (χ2n) is 21.6. The van der Waals surface area contributed by atoms with Gasteiger partial charge in [-0.2, -0.15) is 0 Å². The van der Waals surface area contributed by atoms with Crippen LogP contribution < -0.4 is 0 Å². The van der Waals surface area contributed by atoms with Crippen LogP contribution in [0.5, 0.6) is 0 Å². The summed E-state index contributed by atoms with van der Waals surface area (Å²) in [5, 5.41) is 2.57. The molecule has 9 aromatic carbocycles. The molecule has 70 heavy (non-hydrogen) atoms. The second-order valence-corrected chi connectivity index (χ2v) is 21.6. The highest BCUT2D eigenvalue weighted by molar-refractivity contribution is 6.14. The number of rotatable bonds is 1. The summed E-state index contributed by atoms with van der Waals surface area (Å²) in [6, 6.07) is 72.3. The van der Waals surface area contributed by atoms with Gasteiger partial charge in [-0.3, -0.25) is 0 Å². The van der Waals surface area contributed by atoms with Gasteiger partial charge in [0.2, 0.25) is 0 Å². The lowest BCUT2D eigenvalue weighted by Crippen LogP contribution is -2.35. The van der Waals surface area contributed by atoms with Gasteiger partial charge in [0.1, 0.15) is 0 Å². The summed E-state index contributed by atoms with van der Waals surface area (Å²) in [6.07, 6.45) is 9.98. The molecule has 2 spiro atoms. The molecule has 0 radical (unpaired) electrons. The molecule has 0 fully saturated rings. The quantitative estimate of drug-likeness (QED) is 0.155. The first kappa shape index (κ1) is 39.9. The van der Waals surface area contributed by atoms with E-state index in [2.05, 4.69) is 245 Å². The lowest BCUT2D eigenvalue weighted by Gasteiger charge is -2.41. The van der Waals surface area contributed by atoms with E-state index in [0.29, 0.717) is 0 Å². The third-order valence-corrected chi connectivity index (χ3v) is 17.8. The van der Waals surface area contributed by atoms with E-state index in [4.69, 9.17) is 6.58 Å². The number of nitrogens with zero attached hydrogens (tertiary/aromatic N) is 1. The fraction of sp³-hybridized carbons (Fsp3) is 0.130. The standard InChI is InChI=1S/C69H51N/c1-42-22-7-6-20-37-68(54-30-15-10-23-43(54)44-24-11-16-31-55(44)68)57-33-18-19-34-58(57)69(42)56-32-17-12-27-47(56)65-59(69)35-21-36-62(65)70-63-40-60-48(45-25-8-13-28-52(45)66(60,2)3)38-50(63)51-39-49-46-26-9-14-29-53(46)67(4,5)61(49)41-64(51)70/h6-36,38-41H,1,37H2,2-5H3/b20-6-,22-7-. The Morgan fingerprint density at radius 1 is 0.386 bits per heavy atom. The van der Waals surface area contributed by atoms with E-state index in [9.17, 15) is 0 Å². The van der Waals surface area contributed by atoms with Crippen molar-refractivity contribution in [3.8, 4) is 50.2 Å². The molecule has 15 rings (SSSR count). The topological polar surface area (TPSA) is 4.93 Å². The first-order valence-corrected chi connectivity index (χ1v) is 25.1. The first-order valence-electron chi connectivity index (χ1n) is 25.1. The molecular weight excluding hydrogens is 843 g/mol. The van der Waals surface area contributed by atoms with Crippen molar-refractivity contribution in [2.45, 2.75) is 55.8 Å². The molecule has 0 amide bonds. The Bertz CT molecular complexity index is 3900. The third kappa shape index (κ3) is 4.69. The van der Waals surface area contributed by atoms with E-state index < -0.39 is 10.8 Å². The molecule has 1 unspecified atom stereocenters. The van der Waals surface area contributed by atoms with E-state index in [1.165, 1.54) is 128 Å². The Hall–Kier alpha value is -8.00. The zero-order valence-electron chi connectivity index (χ0n) is 40.1. The Balaban J connectivity index is 1.07. The summed E-state index contributed by atoms with van der Waals surface area (Å²) in [5.41, 5.74) is 27.2. The average molecular weight is 894 g/mol. The maximum Gasteiger partial charge on any atom is 0.0711 e. The number of hydrogen-bond donors (Lipinski definition) is 0. The molecule has 1 nitrogen and oxygen atoms in total. The summed E-state index contributed by atoms with van der Waals surface area (Å²) in [5.74, 6) is 0. The molecule has 0 saturated carbocycles. The lowest BCUT2D eigenvalue weighted by molar-refractivity contribution is 0.617. The molecule has 1 aromatic heterocycles. The van der Waals surface area contributed by atoms with E-state index in [-0.39, 0.29) is 10.8 Å². The molecule has 1 heteroatoms. The van der Waals surface area contributed by atoms with Crippen molar-refractivity contribution >= 4 is 21.8 Å². The van der Waals surface area contributed by atoms with E-state index >= 15 is 0 Å². The van der Waals surface area contributed by atoms with Crippen molar-refractivity contribution in [3.63, 3.8) is 0 Å². The van der Waals surface area contributed by atoms with Crippen molar-refractivity contribution in [1.82, 2.24) is 4.57 Å². The van der Waals surface area contributed by atoms with E-state index in [1.54, 1.807) is 0 Å². The maximum atomic E-state index is 5.14. The van der Waals surface area contributed by atoms with Gasteiger partial charge in [0.15, 0.2) is 0 Å². The highest BCUT2D eigenvalue weighted by Gasteiger charge is 2.53. The highest BCUT2D eigenvalue weighted by atomic mass is 15.0. The van der Waals surface area contributed by atoms with E-state index in [0.717, 1.165) is 12.0 Å². The molecule has 0 saturated heterocycles. The number of aromatic nitrogens is 1. The second kappa shape index (κ2) is 13.6. The van der Waals surface area contributed by atoms with Crippen LogP contribution in [0.2, 0.25) is 0 Å². The molecule has 1 atom stereocenters. The maximum absolute atomic E-state index is 5.14. The van der Waals surface area contributed by atoms with Crippen molar-refractivity contribution in [1.29, 1.82) is 0 Å². The van der Waals surface area contributed by atoms with Gasteiger partial charge in [-0.05, 0) is 137 Å². The zero-order valence-corrected chi connectivity index (χ0v) is 40.1. The lowest BCUT2D eigenvalue weighted by atomic mass is 9.60.